The Kier molecular flexibility index (Phi) is 4.16. The number of rotatable bonds is 2. The van der Waals surface area contributed by atoms with Gasteiger partial charge in [-0.15, -0.1) is 0 Å². The number of carbonyl (C=O) groups excluding carboxylic acids is 1. The van der Waals surface area contributed by atoms with E-state index in [2.05, 4.69) is 15.9 Å². The van der Waals surface area contributed by atoms with E-state index < -0.39 is 11.7 Å². The van der Waals surface area contributed by atoms with E-state index in [1.54, 1.807) is 24.3 Å². The minimum atomic E-state index is -0.598. The van der Waals surface area contributed by atoms with Crippen LogP contribution in [0.5, 0.6) is 0 Å². The summed E-state index contributed by atoms with van der Waals surface area (Å²) in [6.07, 6.45) is 0. The van der Waals surface area contributed by atoms with E-state index in [4.69, 9.17) is 5.26 Å². The topological polar surface area (TPSA) is 44.1 Å². The molecule has 0 saturated carbocycles. The molecular weight excluding hydrogens is 323 g/mol. The Labute approximate surface area is 124 Å². The zero-order chi connectivity index (χ0) is 14.7. The van der Waals surface area contributed by atoms with Gasteiger partial charge in [-0.3, -0.25) is 4.79 Å². The smallest absolute Gasteiger partial charge is 0.261 e. The molecule has 0 bridgehead atoms. The summed E-state index contributed by atoms with van der Waals surface area (Å²) in [6, 6.07) is 12.9. The van der Waals surface area contributed by atoms with Crippen LogP contribution >= 0.6 is 15.9 Å². The molecule has 3 nitrogen and oxygen atoms in total. The third kappa shape index (κ3) is 2.70. The SMILES string of the molecule is CN(C(=O)c1cc(Br)ccc1F)c1ccccc1C#N. The second-order valence-corrected chi connectivity index (χ2v) is 5.03. The second kappa shape index (κ2) is 5.85. The Morgan fingerprint density at radius 3 is 2.70 bits per heavy atom. The maximum Gasteiger partial charge on any atom is 0.261 e. The molecule has 2 rings (SSSR count). The van der Waals surface area contributed by atoms with Gasteiger partial charge in [0.25, 0.3) is 5.91 Å². The van der Waals surface area contributed by atoms with Crippen molar-refractivity contribution in [3.63, 3.8) is 0 Å². The van der Waals surface area contributed by atoms with Gasteiger partial charge < -0.3 is 4.90 Å². The van der Waals surface area contributed by atoms with E-state index in [0.29, 0.717) is 15.7 Å². The molecule has 2 aromatic carbocycles. The van der Waals surface area contributed by atoms with Gasteiger partial charge in [-0.1, -0.05) is 28.1 Å². The van der Waals surface area contributed by atoms with Crippen LogP contribution in [0.25, 0.3) is 0 Å². The lowest BCUT2D eigenvalue weighted by Crippen LogP contribution is -2.27. The summed E-state index contributed by atoms with van der Waals surface area (Å²) in [5, 5.41) is 9.05. The standard InChI is InChI=1S/C15H10BrFN2O/c1-19(14-5-3-2-4-10(14)9-18)15(20)12-8-11(16)6-7-13(12)17/h2-8H,1H3. The number of nitrogens with zero attached hydrogens (tertiary/aromatic N) is 2. The monoisotopic (exact) mass is 332 g/mol. The van der Waals surface area contributed by atoms with Crippen LogP contribution in [0.4, 0.5) is 10.1 Å². The fraction of sp³-hybridized carbons (Fsp3) is 0.0667. The fourth-order valence-electron chi connectivity index (χ4n) is 1.81. The van der Waals surface area contributed by atoms with E-state index in [-0.39, 0.29) is 5.56 Å². The van der Waals surface area contributed by atoms with Gasteiger partial charge in [-0.05, 0) is 30.3 Å². The number of nitriles is 1. The molecule has 0 spiro atoms. The summed E-state index contributed by atoms with van der Waals surface area (Å²) in [4.78, 5) is 13.6. The molecule has 0 aliphatic rings. The highest BCUT2D eigenvalue weighted by atomic mass is 79.9. The Morgan fingerprint density at radius 1 is 1.30 bits per heavy atom. The first kappa shape index (κ1) is 14.2. The molecule has 0 radical (unpaired) electrons. The highest BCUT2D eigenvalue weighted by molar-refractivity contribution is 9.10. The van der Waals surface area contributed by atoms with Crippen LogP contribution in [0.15, 0.2) is 46.9 Å². The highest BCUT2D eigenvalue weighted by Crippen LogP contribution is 2.22. The first-order valence-electron chi connectivity index (χ1n) is 5.77. The molecule has 0 aliphatic heterocycles. The molecule has 1 amide bonds. The predicted octanol–water partition coefficient (Wildman–Crippen LogP) is 3.74. The molecule has 20 heavy (non-hydrogen) atoms. The van der Waals surface area contributed by atoms with Gasteiger partial charge in [-0.2, -0.15) is 5.26 Å². The molecular formula is C15H10BrFN2O. The first-order chi connectivity index (χ1) is 9.54. The number of hydrogen-bond donors (Lipinski definition) is 0. The zero-order valence-electron chi connectivity index (χ0n) is 10.6. The first-order valence-corrected chi connectivity index (χ1v) is 6.56. The van der Waals surface area contributed by atoms with Crippen LogP contribution in [0.3, 0.4) is 0 Å². The van der Waals surface area contributed by atoms with Crippen molar-refractivity contribution < 1.29 is 9.18 Å². The van der Waals surface area contributed by atoms with E-state index >= 15 is 0 Å². The van der Waals surface area contributed by atoms with Crippen molar-refractivity contribution in [1.29, 1.82) is 5.26 Å². The molecule has 0 aliphatic carbocycles. The summed E-state index contributed by atoms with van der Waals surface area (Å²) >= 11 is 3.21. The van der Waals surface area contributed by atoms with Crippen molar-refractivity contribution in [1.82, 2.24) is 0 Å². The van der Waals surface area contributed by atoms with Crippen LogP contribution in [-0.4, -0.2) is 13.0 Å². The third-order valence-corrected chi connectivity index (χ3v) is 3.34. The lowest BCUT2D eigenvalue weighted by molar-refractivity contribution is 0.0989. The molecule has 0 N–H and O–H groups in total. The molecule has 0 saturated heterocycles. The Balaban J connectivity index is 2.43. The molecule has 0 fully saturated rings. The second-order valence-electron chi connectivity index (χ2n) is 4.12. The molecule has 5 heteroatoms. The van der Waals surface area contributed by atoms with Crippen LogP contribution in [-0.2, 0) is 0 Å². The Bertz CT molecular complexity index is 709. The molecule has 0 atom stereocenters. The van der Waals surface area contributed by atoms with Crippen molar-refractivity contribution in [2.45, 2.75) is 0 Å². The largest absolute Gasteiger partial charge is 0.310 e. The molecule has 100 valence electrons. The van der Waals surface area contributed by atoms with Crippen LogP contribution < -0.4 is 4.90 Å². The molecule has 2 aromatic rings. The number of anilines is 1. The number of para-hydroxylation sites is 1. The van der Waals surface area contributed by atoms with E-state index in [1.165, 1.54) is 30.1 Å². The van der Waals surface area contributed by atoms with E-state index in [9.17, 15) is 9.18 Å². The summed E-state index contributed by atoms with van der Waals surface area (Å²) in [5.41, 5.74) is 0.757. The average molecular weight is 333 g/mol. The van der Waals surface area contributed by atoms with Crippen LogP contribution in [0.1, 0.15) is 15.9 Å². The minimum absolute atomic E-state index is 0.0467. The van der Waals surface area contributed by atoms with Gasteiger partial charge in [-0.25, -0.2) is 4.39 Å². The summed E-state index contributed by atoms with van der Waals surface area (Å²) in [5.74, 6) is -1.11. The zero-order valence-corrected chi connectivity index (χ0v) is 12.2. The molecule has 0 aromatic heterocycles. The van der Waals surface area contributed by atoms with Crippen LogP contribution in [0.2, 0.25) is 0 Å². The number of amides is 1. The van der Waals surface area contributed by atoms with Crippen LogP contribution in [0, 0.1) is 17.1 Å². The number of hydrogen-bond acceptors (Lipinski definition) is 2. The summed E-state index contributed by atoms with van der Waals surface area (Å²) in [6.45, 7) is 0. The van der Waals surface area contributed by atoms with Crippen molar-refractivity contribution >= 4 is 27.5 Å². The maximum absolute atomic E-state index is 13.7. The average Bonchev–Trinajstić information content (AvgIpc) is 2.48. The summed E-state index contributed by atoms with van der Waals surface area (Å²) < 4.78 is 14.4. The third-order valence-electron chi connectivity index (χ3n) is 2.85. The van der Waals surface area contributed by atoms with E-state index in [0.717, 1.165) is 0 Å². The van der Waals surface area contributed by atoms with Crippen molar-refractivity contribution in [2.24, 2.45) is 0 Å². The Hall–Kier alpha value is -2.19. The highest BCUT2D eigenvalue weighted by Gasteiger charge is 2.19. The maximum atomic E-state index is 13.7. The van der Waals surface area contributed by atoms with Gasteiger partial charge in [0.05, 0.1) is 16.8 Å². The van der Waals surface area contributed by atoms with Crippen molar-refractivity contribution in [2.75, 3.05) is 11.9 Å². The van der Waals surface area contributed by atoms with Crippen molar-refractivity contribution in [3.05, 3.63) is 63.9 Å². The van der Waals surface area contributed by atoms with Gasteiger partial charge in [0.1, 0.15) is 11.9 Å². The number of benzene rings is 2. The van der Waals surface area contributed by atoms with E-state index in [1.807, 2.05) is 6.07 Å². The van der Waals surface area contributed by atoms with Crippen molar-refractivity contribution in [3.8, 4) is 6.07 Å². The summed E-state index contributed by atoms with van der Waals surface area (Å²) in [7, 11) is 1.51. The molecule has 0 heterocycles. The van der Waals surface area contributed by atoms with Gasteiger partial charge in [0.15, 0.2) is 0 Å². The number of halogens is 2. The Morgan fingerprint density at radius 2 is 2.00 bits per heavy atom. The van der Waals surface area contributed by atoms with Gasteiger partial charge >= 0.3 is 0 Å². The fourth-order valence-corrected chi connectivity index (χ4v) is 2.17. The normalized spacial score (nSPS) is 9.90. The molecule has 0 unspecified atom stereocenters. The van der Waals surface area contributed by atoms with Gasteiger partial charge in [0, 0.05) is 11.5 Å². The number of carbonyl (C=O) groups is 1. The lowest BCUT2D eigenvalue weighted by atomic mass is 10.1. The lowest BCUT2D eigenvalue weighted by Gasteiger charge is -2.19. The quantitative estimate of drug-likeness (QED) is 0.840. The van der Waals surface area contributed by atoms with Gasteiger partial charge in [0.2, 0.25) is 0 Å². The minimum Gasteiger partial charge on any atom is -0.310 e. The predicted molar refractivity (Wildman–Crippen MR) is 78.0 cm³/mol.